The van der Waals surface area contributed by atoms with E-state index in [2.05, 4.69) is 27.1 Å². The number of nitrogens with one attached hydrogen (secondary N) is 1. The molecule has 1 aromatic heterocycles. The molecule has 5 nitrogen and oxygen atoms in total. The van der Waals surface area contributed by atoms with Gasteiger partial charge < -0.3 is 15.0 Å². The van der Waals surface area contributed by atoms with Crippen LogP contribution in [0.3, 0.4) is 0 Å². The highest BCUT2D eigenvalue weighted by molar-refractivity contribution is 5.48. The van der Waals surface area contributed by atoms with Crippen LogP contribution in [0.4, 0.5) is 11.6 Å². The highest BCUT2D eigenvalue weighted by Gasteiger charge is 2.06. The summed E-state index contributed by atoms with van der Waals surface area (Å²) >= 11 is 0. The lowest BCUT2D eigenvalue weighted by Crippen LogP contribution is -2.18. The van der Waals surface area contributed by atoms with Crippen LogP contribution in [0.5, 0.6) is 0 Å². The summed E-state index contributed by atoms with van der Waals surface area (Å²) in [5.74, 6) is 2.41. The SMILES string of the molecule is CCN(C)c1cc(NC)nc(COC)n1. The second-order valence-corrected chi connectivity index (χ2v) is 3.22. The third-order valence-electron chi connectivity index (χ3n) is 2.15. The van der Waals surface area contributed by atoms with Crippen LogP contribution in [0.2, 0.25) is 0 Å². The van der Waals surface area contributed by atoms with Gasteiger partial charge in [-0.2, -0.15) is 0 Å². The number of ether oxygens (including phenoxy) is 1. The third kappa shape index (κ3) is 3.06. The standard InChI is InChI=1S/C10H18N4O/c1-5-14(3)10-6-8(11-2)12-9(13-10)7-15-4/h6H,5,7H2,1-4H3,(H,11,12,13). The van der Waals surface area contributed by atoms with Crippen LogP contribution < -0.4 is 10.2 Å². The fourth-order valence-electron chi connectivity index (χ4n) is 1.16. The highest BCUT2D eigenvalue weighted by Crippen LogP contribution is 2.14. The van der Waals surface area contributed by atoms with Crippen LogP contribution in [-0.2, 0) is 11.3 Å². The second-order valence-electron chi connectivity index (χ2n) is 3.22. The quantitative estimate of drug-likeness (QED) is 0.789. The maximum absolute atomic E-state index is 5.02. The van der Waals surface area contributed by atoms with Gasteiger partial charge in [-0.25, -0.2) is 9.97 Å². The van der Waals surface area contributed by atoms with E-state index >= 15 is 0 Å². The van der Waals surface area contributed by atoms with Crippen LogP contribution in [0.1, 0.15) is 12.7 Å². The second kappa shape index (κ2) is 5.50. The van der Waals surface area contributed by atoms with Crippen molar-refractivity contribution in [3.63, 3.8) is 0 Å². The van der Waals surface area contributed by atoms with E-state index in [1.165, 1.54) is 0 Å². The van der Waals surface area contributed by atoms with Crippen molar-refractivity contribution in [3.05, 3.63) is 11.9 Å². The molecule has 5 heteroatoms. The molecule has 1 N–H and O–H groups in total. The van der Waals surface area contributed by atoms with E-state index < -0.39 is 0 Å². The van der Waals surface area contributed by atoms with Crippen LogP contribution in [0.15, 0.2) is 6.07 Å². The van der Waals surface area contributed by atoms with Crippen LogP contribution >= 0.6 is 0 Å². The van der Waals surface area contributed by atoms with E-state index in [0.29, 0.717) is 12.4 Å². The van der Waals surface area contributed by atoms with E-state index in [0.717, 1.165) is 18.2 Å². The van der Waals surface area contributed by atoms with Gasteiger partial charge in [0.2, 0.25) is 0 Å². The van der Waals surface area contributed by atoms with Crippen molar-refractivity contribution >= 4 is 11.6 Å². The number of methoxy groups -OCH3 is 1. The lowest BCUT2D eigenvalue weighted by atomic mass is 10.4. The van der Waals surface area contributed by atoms with Gasteiger partial charge in [-0.15, -0.1) is 0 Å². The minimum Gasteiger partial charge on any atom is -0.377 e. The third-order valence-corrected chi connectivity index (χ3v) is 2.15. The van der Waals surface area contributed by atoms with Gasteiger partial charge in [0.15, 0.2) is 5.82 Å². The minimum absolute atomic E-state index is 0.431. The molecule has 1 aromatic rings. The molecule has 0 spiro atoms. The largest absolute Gasteiger partial charge is 0.377 e. The molecule has 0 radical (unpaired) electrons. The Labute approximate surface area is 90.5 Å². The summed E-state index contributed by atoms with van der Waals surface area (Å²) in [6, 6.07) is 1.92. The monoisotopic (exact) mass is 210 g/mol. The molecule has 0 aromatic carbocycles. The summed E-state index contributed by atoms with van der Waals surface area (Å²) in [6.45, 7) is 3.42. The van der Waals surface area contributed by atoms with Gasteiger partial charge in [-0.3, -0.25) is 0 Å². The molecule has 1 heterocycles. The molecule has 0 aliphatic carbocycles. The summed E-state index contributed by atoms with van der Waals surface area (Å²) in [7, 11) is 5.48. The average molecular weight is 210 g/mol. The maximum atomic E-state index is 5.02. The van der Waals surface area contributed by atoms with Crippen LogP contribution in [0, 0.1) is 0 Å². The Balaban J connectivity index is 2.99. The van der Waals surface area contributed by atoms with Crippen molar-refractivity contribution in [2.75, 3.05) is 38.0 Å². The van der Waals surface area contributed by atoms with Gasteiger partial charge in [-0.1, -0.05) is 0 Å². The van der Waals surface area contributed by atoms with Gasteiger partial charge in [0.05, 0.1) is 0 Å². The van der Waals surface area contributed by atoms with Gasteiger partial charge in [0.1, 0.15) is 18.2 Å². The Morgan fingerprint density at radius 1 is 1.47 bits per heavy atom. The zero-order chi connectivity index (χ0) is 11.3. The minimum atomic E-state index is 0.431. The molecule has 15 heavy (non-hydrogen) atoms. The molecule has 84 valence electrons. The number of rotatable bonds is 5. The Hall–Kier alpha value is -1.36. The van der Waals surface area contributed by atoms with E-state index in [-0.39, 0.29) is 0 Å². The number of hydrogen-bond acceptors (Lipinski definition) is 5. The predicted octanol–water partition coefficient (Wildman–Crippen LogP) is 1.12. The first kappa shape index (κ1) is 11.7. The Kier molecular flexibility index (Phi) is 4.30. The van der Waals surface area contributed by atoms with Crippen molar-refractivity contribution in [3.8, 4) is 0 Å². The van der Waals surface area contributed by atoms with E-state index in [1.807, 2.05) is 20.2 Å². The molecular weight excluding hydrogens is 192 g/mol. The van der Waals surface area contributed by atoms with Crippen molar-refractivity contribution < 1.29 is 4.74 Å². The van der Waals surface area contributed by atoms with Gasteiger partial charge in [0.25, 0.3) is 0 Å². The van der Waals surface area contributed by atoms with Crippen LogP contribution in [0.25, 0.3) is 0 Å². The lowest BCUT2D eigenvalue weighted by Gasteiger charge is -2.17. The van der Waals surface area contributed by atoms with E-state index in [1.54, 1.807) is 7.11 Å². The van der Waals surface area contributed by atoms with Crippen molar-refractivity contribution in [1.82, 2.24) is 9.97 Å². The molecule has 1 rings (SSSR count). The average Bonchev–Trinajstić information content (AvgIpc) is 2.28. The Morgan fingerprint density at radius 3 is 2.73 bits per heavy atom. The fraction of sp³-hybridized carbons (Fsp3) is 0.600. The molecule has 0 fully saturated rings. The first-order valence-corrected chi connectivity index (χ1v) is 4.97. The van der Waals surface area contributed by atoms with E-state index in [9.17, 15) is 0 Å². The summed E-state index contributed by atoms with van der Waals surface area (Å²) in [4.78, 5) is 10.7. The summed E-state index contributed by atoms with van der Waals surface area (Å²) in [5, 5.41) is 3.01. The van der Waals surface area contributed by atoms with Crippen molar-refractivity contribution in [2.24, 2.45) is 0 Å². The first-order valence-electron chi connectivity index (χ1n) is 4.97. The van der Waals surface area contributed by atoms with Gasteiger partial charge in [-0.05, 0) is 6.92 Å². The van der Waals surface area contributed by atoms with Crippen molar-refractivity contribution in [1.29, 1.82) is 0 Å². The maximum Gasteiger partial charge on any atom is 0.158 e. The summed E-state index contributed by atoms with van der Waals surface area (Å²) in [5.41, 5.74) is 0. The molecule has 0 unspecified atom stereocenters. The normalized spacial score (nSPS) is 10.1. The Bertz CT molecular complexity index is 316. The highest BCUT2D eigenvalue weighted by atomic mass is 16.5. The number of hydrogen-bond donors (Lipinski definition) is 1. The summed E-state index contributed by atoms with van der Waals surface area (Å²) in [6.07, 6.45) is 0. The molecule has 0 saturated heterocycles. The number of aromatic nitrogens is 2. The molecule has 0 aliphatic heterocycles. The molecule has 0 atom stereocenters. The summed E-state index contributed by atoms with van der Waals surface area (Å²) < 4.78 is 5.02. The predicted molar refractivity (Wildman–Crippen MR) is 61.2 cm³/mol. The molecule has 0 saturated carbocycles. The number of nitrogens with zero attached hydrogens (tertiary/aromatic N) is 3. The molecular formula is C10H18N4O. The first-order chi connectivity index (χ1) is 7.21. The van der Waals surface area contributed by atoms with Crippen molar-refractivity contribution in [2.45, 2.75) is 13.5 Å². The fourth-order valence-corrected chi connectivity index (χ4v) is 1.16. The zero-order valence-electron chi connectivity index (χ0n) is 9.74. The molecule has 0 amide bonds. The van der Waals surface area contributed by atoms with Gasteiger partial charge >= 0.3 is 0 Å². The molecule has 0 aliphatic rings. The van der Waals surface area contributed by atoms with E-state index in [4.69, 9.17) is 4.74 Å². The molecule has 0 bridgehead atoms. The topological polar surface area (TPSA) is 50.3 Å². The zero-order valence-corrected chi connectivity index (χ0v) is 9.74. The Morgan fingerprint density at radius 2 is 2.20 bits per heavy atom. The lowest BCUT2D eigenvalue weighted by molar-refractivity contribution is 0.178. The number of anilines is 2. The van der Waals surface area contributed by atoms with Gasteiger partial charge in [0, 0.05) is 33.8 Å². The smallest absolute Gasteiger partial charge is 0.158 e. The van der Waals surface area contributed by atoms with Crippen LogP contribution in [-0.4, -0.2) is 37.7 Å².